The van der Waals surface area contributed by atoms with E-state index in [0.29, 0.717) is 17.1 Å². The van der Waals surface area contributed by atoms with Gasteiger partial charge in [-0.25, -0.2) is 0 Å². The third-order valence-corrected chi connectivity index (χ3v) is 4.17. The summed E-state index contributed by atoms with van der Waals surface area (Å²) in [7, 11) is 0. The molecule has 2 N–H and O–H groups in total. The first kappa shape index (κ1) is 23.0. The van der Waals surface area contributed by atoms with Gasteiger partial charge in [0.25, 0.3) is 11.6 Å². The molecule has 0 aliphatic carbocycles. The van der Waals surface area contributed by atoms with E-state index in [1.54, 1.807) is 30.3 Å². The number of amides is 2. The van der Waals surface area contributed by atoms with Gasteiger partial charge in [-0.05, 0) is 42.0 Å². The van der Waals surface area contributed by atoms with Crippen LogP contribution in [0.5, 0.6) is 11.5 Å². The Bertz CT molecular complexity index is 1130. The van der Waals surface area contributed by atoms with Gasteiger partial charge in [0, 0.05) is 12.1 Å². The summed E-state index contributed by atoms with van der Waals surface area (Å²) in [6, 6.07) is 15.4. The van der Waals surface area contributed by atoms with Crippen molar-refractivity contribution in [2.75, 3.05) is 13.1 Å². The second-order valence-electron chi connectivity index (χ2n) is 6.60. The van der Waals surface area contributed by atoms with Crippen molar-refractivity contribution in [3.63, 3.8) is 0 Å². The summed E-state index contributed by atoms with van der Waals surface area (Å²) in [5, 5.41) is 15.4. The van der Waals surface area contributed by atoms with E-state index in [1.165, 1.54) is 36.6 Å². The summed E-state index contributed by atoms with van der Waals surface area (Å²) >= 11 is 0. The number of carbonyl (C=O) groups is 3. The molecule has 11 heteroatoms. The van der Waals surface area contributed by atoms with E-state index in [0.717, 1.165) is 0 Å². The average Bonchev–Trinajstić information content (AvgIpc) is 3.35. The van der Waals surface area contributed by atoms with Gasteiger partial charge in [0.1, 0.15) is 24.7 Å². The van der Waals surface area contributed by atoms with Gasteiger partial charge in [0.15, 0.2) is 5.76 Å². The zero-order valence-electron chi connectivity index (χ0n) is 17.2. The zero-order chi connectivity index (χ0) is 23.6. The topological polar surface area (TPSA) is 150 Å². The highest BCUT2D eigenvalue weighted by Crippen LogP contribution is 2.24. The standard InChI is InChI=1S/C22H19N3O8/c26-20(12-24-22(28)19-5-2-10-31-19)23-13-21(27)32-14-15-3-1-4-18(11-15)33-17-8-6-16(7-9-17)25(29)30/h1-11H,12-14H2,(H,23,26)(H,24,28). The lowest BCUT2D eigenvalue weighted by Gasteiger charge is -2.09. The zero-order valence-corrected chi connectivity index (χ0v) is 17.2. The van der Waals surface area contributed by atoms with Gasteiger partial charge < -0.3 is 24.5 Å². The predicted molar refractivity (Wildman–Crippen MR) is 113 cm³/mol. The first-order valence-electron chi connectivity index (χ1n) is 9.66. The van der Waals surface area contributed by atoms with Crippen LogP contribution in [-0.2, 0) is 20.9 Å². The van der Waals surface area contributed by atoms with E-state index in [-0.39, 0.29) is 31.1 Å². The van der Waals surface area contributed by atoms with Crippen LogP contribution in [0.2, 0.25) is 0 Å². The van der Waals surface area contributed by atoms with Crippen LogP contribution in [0, 0.1) is 10.1 Å². The fourth-order valence-corrected chi connectivity index (χ4v) is 2.57. The van der Waals surface area contributed by atoms with E-state index in [9.17, 15) is 24.5 Å². The van der Waals surface area contributed by atoms with Crippen molar-refractivity contribution in [3.05, 3.63) is 88.4 Å². The molecule has 1 aromatic heterocycles. The number of hydrogen-bond acceptors (Lipinski definition) is 8. The molecule has 0 bridgehead atoms. The van der Waals surface area contributed by atoms with Crippen LogP contribution in [0.3, 0.4) is 0 Å². The number of ether oxygens (including phenoxy) is 2. The Balaban J connectivity index is 1.40. The Morgan fingerprint density at radius 3 is 2.42 bits per heavy atom. The fourth-order valence-electron chi connectivity index (χ4n) is 2.57. The van der Waals surface area contributed by atoms with Crippen LogP contribution >= 0.6 is 0 Å². The molecule has 0 saturated carbocycles. The smallest absolute Gasteiger partial charge is 0.325 e. The van der Waals surface area contributed by atoms with E-state index in [4.69, 9.17) is 13.9 Å². The number of carbonyl (C=O) groups excluding carboxylic acids is 3. The number of nitro groups is 1. The molecule has 0 fully saturated rings. The molecule has 0 radical (unpaired) electrons. The summed E-state index contributed by atoms with van der Waals surface area (Å²) in [5.41, 5.74) is 0.592. The predicted octanol–water partition coefficient (Wildman–Crippen LogP) is 2.57. The van der Waals surface area contributed by atoms with Crippen molar-refractivity contribution in [1.82, 2.24) is 10.6 Å². The summed E-state index contributed by atoms with van der Waals surface area (Å²) < 4.78 is 15.7. The Kier molecular flexibility index (Phi) is 7.73. The monoisotopic (exact) mass is 453 g/mol. The molecule has 2 amide bonds. The summed E-state index contributed by atoms with van der Waals surface area (Å²) in [5.74, 6) is -0.835. The molecule has 0 atom stereocenters. The Morgan fingerprint density at radius 1 is 0.939 bits per heavy atom. The first-order valence-corrected chi connectivity index (χ1v) is 9.66. The number of benzene rings is 2. The molecule has 3 rings (SSSR count). The third-order valence-electron chi connectivity index (χ3n) is 4.17. The van der Waals surface area contributed by atoms with E-state index >= 15 is 0 Å². The maximum Gasteiger partial charge on any atom is 0.325 e. The highest BCUT2D eigenvalue weighted by molar-refractivity contribution is 5.94. The van der Waals surface area contributed by atoms with Gasteiger partial charge in [-0.2, -0.15) is 0 Å². The maximum absolute atomic E-state index is 11.9. The molecular formula is C22H19N3O8. The van der Waals surface area contributed by atoms with Crippen LogP contribution in [0.15, 0.2) is 71.3 Å². The van der Waals surface area contributed by atoms with E-state index < -0.39 is 22.7 Å². The second-order valence-corrected chi connectivity index (χ2v) is 6.60. The molecule has 3 aromatic rings. The number of non-ortho nitro benzene ring substituents is 1. The minimum Gasteiger partial charge on any atom is -0.460 e. The van der Waals surface area contributed by atoms with Crippen LogP contribution in [-0.4, -0.2) is 35.8 Å². The number of esters is 1. The summed E-state index contributed by atoms with van der Waals surface area (Å²) in [6.45, 7) is -0.745. The molecule has 0 saturated heterocycles. The lowest BCUT2D eigenvalue weighted by molar-refractivity contribution is -0.384. The number of nitro benzene ring substituents is 1. The minimum atomic E-state index is -0.664. The van der Waals surface area contributed by atoms with Crippen molar-refractivity contribution in [2.24, 2.45) is 0 Å². The van der Waals surface area contributed by atoms with Crippen molar-refractivity contribution in [1.29, 1.82) is 0 Å². The van der Waals surface area contributed by atoms with Gasteiger partial charge in [0.2, 0.25) is 5.91 Å². The van der Waals surface area contributed by atoms with E-state index in [1.807, 2.05) is 0 Å². The van der Waals surface area contributed by atoms with Crippen LogP contribution in [0.25, 0.3) is 0 Å². The Labute approximate surface area is 187 Å². The number of hydrogen-bond donors (Lipinski definition) is 2. The van der Waals surface area contributed by atoms with Crippen molar-refractivity contribution < 1.29 is 33.2 Å². The Hall–Kier alpha value is -4.67. The number of furan rings is 1. The average molecular weight is 453 g/mol. The maximum atomic E-state index is 11.9. The minimum absolute atomic E-state index is 0.0463. The molecule has 1 heterocycles. The van der Waals surface area contributed by atoms with Gasteiger partial charge in [-0.1, -0.05) is 12.1 Å². The second kappa shape index (κ2) is 11.1. The summed E-state index contributed by atoms with van der Waals surface area (Å²) in [4.78, 5) is 45.5. The van der Waals surface area contributed by atoms with Crippen LogP contribution in [0.4, 0.5) is 5.69 Å². The Morgan fingerprint density at radius 2 is 1.73 bits per heavy atom. The van der Waals surface area contributed by atoms with Gasteiger partial charge >= 0.3 is 5.97 Å². The van der Waals surface area contributed by atoms with Gasteiger partial charge in [0.05, 0.1) is 17.7 Å². The third kappa shape index (κ3) is 7.21. The molecule has 0 aliphatic rings. The number of nitrogens with zero attached hydrogens (tertiary/aromatic N) is 1. The lowest BCUT2D eigenvalue weighted by Crippen LogP contribution is -2.39. The van der Waals surface area contributed by atoms with Gasteiger partial charge in [-0.3, -0.25) is 24.5 Å². The van der Waals surface area contributed by atoms with Gasteiger partial charge in [-0.15, -0.1) is 0 Å². The normalized spacial score (nSPS) is 10.2. The van der Waals surface area contributed by atoms with Crippen molar-refractivity contribution >= 4 is 23.5 Å². The molecular weight excluding hydrogens is 434 g/mol. The highest BCUT2D eigenvalue weighted by Gasteiger charge is 2.12. The van der Waals surface area contributed by atoms with E-state index in [2.05, 4.69) is 10.6 Å². The first-order chi connectivity index (χ1) is 15.9. The molecule has 11 nitrogen and oxygen atoms in total. The molecule has 0 spiro atoms. The van der Waals surface area contributed by atoms with Crippen LogP contribution < -0.4 is 15.4 Å². The largest absolute Gasteiger partial charge is 0.460 e. The van der Waals surface area contributed by atoms with Crippen LogP contribution in [0.1, 0.15) is 16.1 Å². The molecule has 0 aliphatic heterocycles. The molecule has 2 aromatic carbocycles. The molecule has 33 heavy (non-hydrogen) atoms. The quantitative estimate of drug-likeness (QED) is 0.270. The van der Waals surface area contributed by atoms with Crippen molar-refractivity contribution in [2.45, 2.75) is 6.61 Å². The highest BCUT2D eigenvalue weighted by atomic mass is 16.6. The number of rotatable bonds is 10. The number of nitrogens with one attached hydrogen (secondary N) is 2. The summed E-state index contributed by atoms with van der Waals surface area (Å²) in [6.07, 6.45) is 1.34. The fraction of sp³-hybridized carbons (Fsp3) is 0.136. The SMILES string of the molecule is O=C(CNC(=O)c1ccco1)NCC(=O)OCc1cccc(Oc2ccc([N+](=O)[O-])cc2)c1. The molecule has 0 unspecified atom stereocenters. The molecule has 170 valence electrons. The lowest BCUT2D eigenvalue weighted by atomic mass is 10.2. The van der Waals surface area contributed by atoms with Crippen molar-refractivity contribution in [3.8, 4) is 11.5 Å².